The van der Waals surface area contributed by atoms with Crippen LogP contribution in [0.15, 0.2) is 41.3 Å². The van der Waals surface area contributed by atoms with Crippen molar-refractivity contribution in [2.75, 3.05) is 12.4 Å². The molecule has 0 bridgehead atoms. The Hall–Kier alpha value is -2.38. The number of carbonyl (C=O) groups excluding carboxylic acids is 1. The predicted molar refractivity (Wildman–Crippen MR) is 88.2 cm³/mol. The van der Waals surface area contributed by atoms with E-state index in [1.165, 1.54) is 25.3 Å². The SMILES string of the molecule is COc1ccc(S(N)(=O)=O)cc1C(=O)Nc1ccc(C)cc1C. The van der Waals surface area contributed by atoms with Gasteiger partial charge in [0.25, 0.3) is 5.91 Å². The molecule has 7 heteroatoms. The first-order valence-corrected chi connectivity index (χ1v) is 8.36. The first-order chi connectivity index (χ1) is 10.7. The van der Waals surface area contributed by atoms with Crippen LogP contribution in [0.3, 0.4) is 0 Å². The van der Waals surface area contributed by atoms with Crippen molar-refractivity contribution in [2.45, 2.75) is 18.7 Å². The van der Waals surface area contributed by atoms with Gasteiger partial charge in [-0.1, -0.05) is 17.7 Å². The van der Waals surface area contributed by atoms with E-state index in [1.807, 2.05) is 26.0 Å². The molecule has 0 heterocycles. The molecule has 122 valence electrons. The molecule has 3 N–H and O–H groups in total. The monoisotopic (exact) mass is 334 g/mol. The average molecular weight is 334 g/mol. The van der Waals surface area contributed by atoms with Crippen LogP contribution in [0.25, 0.3) is 0 Å². The largest absolute Gasteiger partial charge is 0.496 e. The summed E-state index contributed by atoms with van der Waals surface area (Å²) < 4.78 is 28.0. The summed E-state index contributed by atoms with van der Waals surface area (Å²) in [4.78, 5) is 12.3. The van der Waals surface area contributed by atoms with Crippen molar-refractivity contribution in [3.05, 3.63) is 53.1 Å². The Morgan fingerprint density at radius 3 is 2.39 bits per heavy atom. The molecule has 0 saturated heterocycles. The standard InChI is InChI=1S/C16H18N2O4S/c1-10-4-6-14(11(2)8-10)18-16(19)13-9-12(23(17,20)21)5-7-15(13)22-3/h4-9H,1-3H3,(H,18,19)(H2,17,20,21). The zero-order valence-corrected chi connectivity index (χ0v) is 13.9. The molecule has 0 atom stereocenters. The zero-order chi connectivity index (χ0) is 17.2. The lowest BCUT2D eigenvalue weighted by Gasteiger charge is -2.12. The van der Waals surface area contributed by atoms with Crippen molar-refractivity contribution in [2.24, 2.45) is 5.14 Å². The molecule has 2 rings (SSSR count). The molecule has 1 amide bonds. The van der Waals surface area contributed by atoms with Gasteiger partial charge in [-0.15, -0.1) is 0 Å². The van der Waals surface area contributed by atoms with Crippen LogP contribution >= 0.6 is 0 Å². The van der Waals surface area contributed by atoms with E-state index < -0.39 is 15.9 Å². The number of hydrogen-bond donors (Lipinski definition) is 2. The molecule has 0 aromatic heterocycles. The summed E-state index contributed by atoms with van der Waals surface area (Å²) in [6.45, 7) is 3.83. The lowest BCUT2D eigenvalue weighted by Crippen LogP contribution is -2.17. The van der Waals surface area contributed by atoms with Crippen LogP contribution in [-0.4, -0.2) is 21.4 Å². The fraction of sp³-hybridized carbons (Fsp3) is 0.188. The summed E-state index contributed by atoms with van der Waals surface area (Å²) in [5.41, 5.74) is 2.72. The van der Waals surface area contributed by atoms with Gasteiger partial charge in [-0.05, 0) is 43.7 Å². The maximum atomic E-state index is 12.5. The van der Waals surface area contributed by atoms with E-state index in [2.05, 4.69) is 5.32 Å². The van der Waals surface area contributed by atoms with E-state index in [-0.39, 0.29) is 16.2 Å². The molecule has 0 spiro atoms. The number of carbonyl (C=O) groups is 1. The van der Waals surface area contributed by atoms with Crippen LogP contribution in [0.4, 0.5) is 5.69 Å². The number of hydrogen-bond acceptors (Lipinski definition) is 4. The van der Waals surface area contributed by atoms with Gasteiger partial charge in [0.15, 0.2) is 0 Å². The molecule has 0 aliphatic carbocycles. The second-order valence-electron chi connectivity index (χ2n) is 5.18. The number of sulfonamides is 1. The Kier molecular flexibility index (Phi) is 4.72. The van der Waals surface area contributed by atoms with Gasteiger partial charge in [-0.25, -0.2) is 13.6 Å². The van der Waals surface area contributed by atoms with E-state index in [0.717, 1.165) is 11.1 Å². The van der Waals surface area contributed by atoms with E-state index in [0.29, 0.717) is 5.69 Å². The molecule has 0 fully saturated rings. The van der Waals surface area contributed by atoms with Gasteiger partial charge in [-0.2, -0.15) is 0 Å². The van der Waals surface area contributed by atoms with Crippen LogP contribution in [0.1, 0.15) is 21.5 Å². The number of nitrogens with two attached hydrogens (primary N) is 1. The molecular formula is C16H18N2O4S. The maximum Gasteiger partial charge on any atom is 0.259 e. The normalized spacial score (nSPS) is 11.1. The molecule has 2 aromatic rings. The number of rotatable bonds is 4. The number of methoxy groups -OCH3 is 1. The minimum absolute atomic E-state index is 0.0963. The van der Waals surface area contributed by atoms with Gasteiger partial charge < -0.3 is 10.1 Å². The molecule has 23 heavy (non-hydrogen) atoms. The van der Waals surface area contributed by atoms with Gasteiger partial charge in [0, 0.05) is 5.69 Å². The van der Waals surface area contributed by atoms with E-state index in [1.54, 1.807) is 6.07 Å². The summed E-state index contributed by atoms with van der Waals surface area (Å²) in [5.74, 6) is -0.209. The molecule has 0 aliphatic rings. The first-order valence-electron chi connectivity index (χ1n) is 6.82. The first kappa shape index (κ1) is 17.0. The number of benzene rings is 2. The van der Waals surface area contributed by atoms with Gasteiger partial charge in [0.2, 0.25) is 10.0 Å². The number of amides is 1. The van der Waals surface area contributed by atoms with Crippen molar-refractivity contribution in [1.82, 2.24) is 0 Å². The second-order valence-corrected chi connectivity index (χ2v) is 6.74. The van der Waals surface area contributed by atoms with Gasteiger partial charge in [-0.3, -0.25) is 4.79 Å². The highest BCUT2D eigenvalue weighted by Crippen LogP contribution is 2.24. The minimum atomic E-state index is -3.91. The molecule has 6 nitrogen and oxygen atoms in total. The van der Waals surface area contributed by atoms with Gasteiger partial charge >= 0.3 is 0 Å². The Morgan fingerprint density at radius 1 is 1.13 bits per heavy atom. The lowest BCUT2D eigenvalue weighted by molar-refractivity contribution is 0.102. The summed E-state index contributed by atoms with van der Waals surface area (Å²) in [7, 11) is -2.50. The number of ether oxygens (including phenoxy) is 1. The van der Waals surface area contributed by atoms with Crippen LogP contribution in [0.2, 0.25) is 0 Å². The molecule has 0 saturated carbocycles. The highest BCUT2D eigenvalue weighted by atomic mass is 32.2. The third-order valence-corrected chi connectivity index (χ3v) is 4.29. The third kappa shape index (κ3) is 3.88. The molecular weight excluding hydrogens is 316 g/mol. The van der Waals surface area contributed by atoms with Crippen LogP contribution < -0.4 is 15.2 Å². The maximum absolute atomic E-state index is 12.5. The number of aryl methyl sites for hydroxylation is 2. The van der Waals surface area contributed by atoms with Crippen molar-refractivity contribution >= 4 is 21.6 Å². The number of primary sulfonamides is 1. The Balaban J connectivity index is 2.41. The molecule has 0 radical (unpaired) electrons. The third-order valence-electron chi connectivity index (χ3n) is 3.37. The highest BCUT2D eigenvalue weighted by molar-refractivity contribution is 7.89. The van der Waals surface area contributed by atoms with Crippen LogP contribution in [-0.2, 0) is 10.0 Å². The summed E-state index contributed by atoms with van der Waals surface area (Å²) >= 11 is 0. The summed E-state index contributed by atoms with van der Waals surface area (Å²) in [6, 6.07) is 9.50. The predicted octanol–water partition coefficient (Wildman–Crippen LogP) is 2.21. The number of anilines is 1. The van der Waals surface area contributed by atoms with E-state index in [4.69, 9.17) is 9.88 Å². The zero-order valence-electron chi connectivity index (χ0n) is 13.1. The van der Waals surface area contributed by atoms with Crippen molar-refractivity contribution in [3.8, 4) is 5.75 Å². The van der Waals surface area contributed by atoms with E-state index >= 15 is 0 Å². The highest BCUT2D eigenvalue weighted by Gasteiger charge is 2.18. The Morgan fingerprint density at radius 2 is 1.83 bits per heavy atom. The van der Waals surface area contributed by atoms with Crippen LogP contribution in [0.5, 0.6) is 5.75 Å². The average Bonchev–Trinajstić information content (AvgIpc) is 2.48. The lowest BCUT2D eigenvalue weighted by atomic mass is 10.1. The minimum Gasteiger partial charge on any atom is -0.496 e. The molecule has 0 unspecified atom stereocenters. The molecule has 0 aliphatic heterocycles. The quantitative estimate of drug-likeness (QED) is 0.895. The number of nitrogens with one attached hydrogen (secondary N) is 1. The van der Waals surface area contributed by atoms with Crippen molar-refractivity contribution < 1.29 is 17.9 Å². The topological polar surface area (TPSA) is 98.5 Å². The van der Waals surface area contributed by atoms with E-state index in [9.17, 15) is 13.2 Å². The van der Waals surface area contributed by atoms with Gasteiger partial charge in [0.1, 0.15) is 5.75 Å². The summed E-state index contributed by atoms with van der Waals surface area (Å²) in [6.07, 6.45) is 0. The fourth-order valence-corrected chi connectivity index (χ4v) is 2.72. The second kappa shape index (κ2) is 6.39. The van der Waals surface area contributed by atoms with Crippen molar-refractivity contribution in [1.29, 1.82) is 0 Å². The van der Waals surface area contributed by atoms with Gasteiger partial charge in [0.05, 0.1) is 17.6 Å². The Labute approximate surface area is 135 Å². The fourth-order valence-electron chi connectivity index (χ4n) is 2.19. The molecule has 2 aromatic carbocycles. The summed E-state index contributed by atoms with van der Waals surface area (Å²) in [5, 5.41) is 7.86. The van der Waals surface area contributed by atoms with Crippen molar-refractivity contribution in [3.63, 3.8) is 0 Å². The Bertz CT molecular complexity index is 860. The smallest absolute Gasteiger partial charge is 0.259 e. The van der Waals surface area contributed by atoms with Crippen LogP contribution in [0, 0.1) is 13.8 Å².